The quantitative estimate of drug-likeness (QED) is 0.823. The number of benzene rings is 1. The summed E-state index contributed by atoms with van der Waals surface area (Å²) in [5.74, 6) is 0.834. The molecule has 0 aromatic heterocycles. The second kappa shape index (κ2) is 6.20. The fourth-order valence-corrected chi connectivity index (χ4v) is 3.15. The van der Waals surface area contributed by atoms with Gasteiger partial charge in [0.15, 0.2) is 0 Å². The summed E-state index contributed by atoms with van der Waals surface area (Å²) in [7, 11) is 2.11. The molecular weight excluding hydrogens is 206 g/mol. The predicted octanol–water partition coefficient (Wildman–Crippen LogP) is 4.09. The zero-order valence-electron chi connectivity index (χ0n) is 11.2. The van der Waals surface area contributed by atoms with Gasteiger partial charge in [0, 0.05) is 6.04 Å². The maximum absolute atomic E-state index is 3.54. The second-order valence-electron chi connectivity index (χ2n) is 5.26. The molecule has 1 aliphatic rings. The molecule has 1 saturated carbocycles. The lowest BCUT2D eigenvalue weighted by Gasteiger charge is -2.30. The third kappa shape index (κ3) is 3.10. The van der Waals surface area contributed by atoms with Crippen LogP contribution in [0.15, 0.2) is 24.3 Å². The van der Waals surface area contributed by atoms with E-state index in [9.17, 15) is 0 Å². The van der Waals surface area contributed by atoms with Gasteiger partial charge in [0.05, 0.1) is 0 Å². The van der Waals surface area contributed by atoms with Crippen LogP contribution in [0.5, 0.6) is 0 Å². The van der Waals surface area contributed by atoms with Crippen molar-refractivity contribution in [1.82, 2.24) is 5.32 Å². The van der Waals surface area contributed by atoms with Crippen LogP contribution in [0.25, 0.3) is 0 Å². The summed E-state index contributed by atoms with van der Waals surface area (Å²) in [5.41, 5.74) is 2.94. The molecule has 1 nitrogen and oxygen atoms in total. The molecule has 0 radical (unpaired) electrons. The highest BCUT2D eigenvalue weighted by atomic mass is 14.9. The highest BCUT2D eigenvalue weighted by Crippen LogP contribution is 2.34. The molecule has 1 heteroatoms. The molecule has 1 aromatic rings. The lowest BCUT2D eigenvalue weighted by molar-refractivity contribution is 0.281. The van der Waals surface area contributed by atoms with Crippen molar-refractivity contribution in [3.05, 3.63) is 35.4 Å². The van der Waals surface area contributed by atoms with Crippen LogP contribution >= 0.6 is 0 Å². The van der Waals surface area contributed by atoms with Crippen molar-refractivity contribution in [3.63, 3.8) is 0 Å². The van der Waals surface area contributed by atoms with E-state index in [0.29, 0.717) is 6.04 Å². The molecule has 0 heterocycles. The SMILES string of the molecule is CCc1cccc(C(NC)C2CCCCC2)c1. The Balaban J connectivity index is 2.15. The monoisotopic (exact) mass is 231 g/mol. The number of hydrogen-bond acceptors (Lipinski definition) is 1. The third-order valence-electron chi connectivity index (χ3n) is 4.15. The molecule has 0 bridgehead atoms. The number of rotatable bonds is 4. The van der Waals surface area contributed by atoms with E-state index in [-0.39, 0.29) is 0 Å². The molecule has 1 N–H and O–H groups in total. The maximum Gasteiger partial charge on any atom is 0.0346 e. The normalized spacial score (nSPS) is 19.2. The Morgan fingerprint density at radius 2 is 2.00 bits per heavy atom. The molecule has 0 amide bonds. The Labute approximate surface area is 106 Å². The first kappa shape index (κ1) is 12.6. The number of nitrogens with one attached hydrogen (secondary N) is 1. The standard InChI is InChI=1S/C16H25N/c1-3-13-8-7-11-15(12-13)16(17-2)14-9-5-4-6-10-14/h7-8,11-12,14,16-17H,3-6,9-10H2,1-2H3. The molecule has 1 aliphatic carbocycles. The number of aryl methyl sites for hydroxylation is 1. The Morgan fingerprint density at radius 3 is 2.65 bits per heavy atom. The molecule has 0 aliphatic heterocycles. The molecule has 2 rings (SSSR count). The van der Waals surface area contributed by atoms with Crippen LogP contribution in [-0.4, -0.2) is 7.05 Å². The van der Waals surface area contributed by atoms with E-state index < -0.39 is 0 Å². The highest BCUT2D eigenvalue weighted by molar-refractivity contribution is 5.26. The second-order valence-corrected chi connectivity index (χ2v) is 5.26. The molecule has 0 spiro atoms. The van der Waals surface area contributed by atoms with Gasteiger partial charge in [-0.25, -0.2) is 0 Å². The van der Waals surface area contributed by atoms with Crippen molar-refractivity contribution in [3.8, 4) is 0 Å². The van der Waals surface area contributed by atoms with Gasteiger partial charge in [0.1, 0.15) is 0 Å². The first-order valence-corrected chi connectivity index (χ1v) is 7.11. The Morgan fingerprint density at radius 1 is 1.24 bits per heavy atom. The van der Waals surface area contributed by atoms with Gasteiger partial charge in [-0.15, -0.1) is 0 Å². The molecule has 1 aromatic carbocycles. The van der Waals surface area contributed by atoms with E-state index in [1.54, 1.807) is 0 Å². The summed E-state index contributed by atoms with van der Waals surface area (Å²) in [4.78, 5) is 0. The van der Waals surface area contributed by atoms with E-state index in [2.05, 4.69) is 43.6 Å². The van der Waals surface area contributed by atoms with E-state index in [0.717, 1.165) is 12.3 Å². The molecular formula is C16H25N. The van der Waals surface area contributed by atoms with E-state index in [1.807, 2.05) is 0 Å². The minimum Gasteiger partial charge on any atom is -0.313 e. The van der Waals surface area contributed by atoms with Crippen molar-refractivity contribution in [1.29, 1.82) is 0 Å². The largest absolute Gasteiger partial charge is 0.313 e. The van der Waals surface area contributed by atoms with Crippen molar-refractivity contribution >= 4 is 0 Å². The van der Waals surface area contributed by atoms with Gasteiger partial charge in [-0.3, -0.25) is 0 Å². The molecule has 1 fully saturated rings. The summed E-state index contributed by atoms with van der Waals surface area (Å²) in [6.45, 7) is 2.23. The molecule has 94 valence electrons. The molecule has 1 atom stereocenters. The zero-order chi connectivity index (χ0) is 12.1. The summed E-state index contributed by atoms with van der Waals surface area (Å²) in [5, 5.41) is 3.54. The lowest BCUT2D eigenvalue weighted by atomic mass is 9.81. The zero-order valence-corrected chi connectivity index (χ0v) is 11.2. The van der Waals surface area contributed by atoms with Crippen LogP contribution in [0.1, 0.15) is 56.2 Å². The fourth-order valence-electron chi connectivity index (χ4n) is 3.15. The minimum atomic E-state index is 0.557. The highest BCUT2D eigenvalue weighted by Gasteiger charge is 2.23. The number of hydrogen-bond donors (Lipinski definition) is 1. The van der Waals surface area contributed by atoms with Gasteiger partial charge in [-0.05, 0) is 43.4 Å². The van der Waals surface area contributed by atoms with Gasteiger partial charge in [-0.2, -0.15) is 0 Å². The van der Waals surface area contributed by atoms with E-state index in [1.165, 1.54) is 43.2 Å². The van der Waals surface area contributed by atoms with Crippen LogP contribution in [0, 0.1) is 5.92 Å². The van der Waals surface area contributed by atoms with Crippen LogP contribution < -0.4 is 5.32 Å². The molecule has 1 unspecified atom stereocenters. The van der Waals surface area contributed by atoms with Gasteiger partial charge >= 0.3 is 0 Å². The van der Waals surface area contributed by atoms with Crippen LogP contribution in [0.3, 0.4) is 0 Å². The lowest BCUT2D eigenvalue weighted by Crippen LogP contribution is -2.27. The first-order chi connectivity index (χ1) is 8.35. The predicted molar refractivity (Wildman–Crippen MR) is 74.2 cm³/mol. The van der Waals surface area contributed by atoms with Crippen LogP contribution in [-0.2, 0) is 6.42 Å². The summed E-state index contributed by atoms with van der Waals surface area (Å²) in [6.07, 6.45) is 8.17. The Kier molecular flexibility index (Phi) is 4.61. The van der Waals surface area contributed by atoms with Gasteiger partial charge in [-0.1, -0.05) is 50.5 Å². The van der Waals surface area contributed by atoms with E-state index in [4.69, 9.17) is 0 Å². The summed E-state index contributed by atoms with van der Waals surface area (Å²) in [6, 6.07) is 9.67. The average Bonchev–Trinajstić information content (AvgIpc) is 2.41. The molecule has 0 saturated heterocycles. The van der Waals surface area contributed by atoms with Crippen LogP contribution in [0.4, 0.5) is 0 Å². The smallest absolute Gasteiger partial charge is 0.0346 e. The van der Waals surface area contributed by atoms with Crippen LogP contribution in [0.2, 0.25) is 0 Å². The minimum absolute atomic E-state index is 0.557. The van der Waals surface area contributed by atoms with E-state index >= 15 is 0 Å². The van der Waals surface area contributed by atoms with Gasteiger partial charge in [0.2, 0.25) is 0 Å². The van der Waals surface area contributed by atoms with Crippen molar-refractivity contribution in [2.45, 2.75) is 51.5 Å². The fraction of sp³-hybridized carbons (Fsp3) is 0.625. The Hall–Kier alpha value is -0.820. The van der Waals surface area contributed by atoms with Crippen molar-refractivity contribution in [2.75, 3.05) is 7.05 Å². The first-order valence-electron chi connectivity index (χ1n) is 7.11. The summed E-state index contributed by atoms with van der Waals surface area (Å²) < 4.78 is 0. The Bertz CT molecular complexity index is 339. The van der Waals surface area contributed by atoms with Crippen molar-refractivity contribution < 1.29 is 0 Å². The third-order valence-corrected chi connectivity index (χ3v) is 4.15. The van der Waals surface area contributed by atoms with Gasteiger partial charge in [0.25, 0.3) is 0 Å². The average molecular weight is 231 g/mol. The summed E-state index contributed by atoms with van der Waals surface area (Å²) >= 11 is 0. The topological polar surface area (TPSA) is 12.0 Å². The molecule has 17 heavy (non-hydrogen) atoms. The van der Waals surface area contributed by atoms with Crippen molar-refractivity contribution in [2.24, 2.45) is 5.92 Å². The maximum atomic E-state index is 3.54. The van der Waals surface area contributed by atoms with Gasteiger partial charge < -0.3 is 5.32 Å².